The number of hydrogen-bond acceptors (Lipinski definition) is 3. The van der Waals surface area contributed by atoms with Gasteiger partial charge in [-0.2, -0.15) is 0 Å². The summed E-state index contributed by atoms with van der Waals surface area (Å²) in [5.41, 5.74) is 12.5. The van der Waals surface area contributed by atoms with Crippen molar-refractivity contribution in [3.8, 4) is 0 Å². The molecule has 1 fully saturated rings. The summed E-state index contributed by atoms with van der Waals surface area (Å²) in [4.78, 5) is 23.3. The second-order valence-corrected chi connectivity index (χ2v) is 5.41. The molecule has 20 heavy (non-hydrogen) atoms. The molecule has 1 aromatic carbocycles. The Hall–Kier alpha value is -1.88. The molecular formula is C15H21N3O2. The van der Waals surface area contributed by atoms with Crippen LogP contribution in [0.25, 0.3) is 0 Å². The van der Waals surface area contributed by atoms with Gasteiger partial charge in [0.05, 0.1) is 6.42 Å². The van der Waals surface area contributed by atoms with E-state index in [9.17, 15) is 9.59 Å². The Bertz CT molecular complexity index is 502. The summed E-state index contributed by atoms with van der Waals surface area (Å²) in [7, 11) is 0. The summed E-state index contributed by atoms with van der Waals surface area (Å²) in [5, 5.41) is 2.90. The Morgan fingerprint density at radius 3 is 2.70 bits per heavy atom. The zero-order valence-corrected chi connectivity index (χ0v) is 11.5. The molecule has 5 N–H and O–H groups in total. The van der Waals surface area contributed by atoms with Crippen LogP contribution in [0.1, 0.15) is 31.2 Å². The number of carbonyl (C=O) groups excluding carboxylic acids is 2. The third-order valence-corrected chi connectivity index (χ3v) is 3.73. The number of nitrogens with one attached hydrogen (secondary N) is 1. The normalized spacial score (nSPS) is 22.2. The van der Waals surface area contributed by atoms with Crippen molar-refractivity contribution >= 4 is 17.5 Å². The van der Waals surface area contributed by atoms with Crippen molar-refractivity contribution in [2.45, 2.75) is 38.1 Å². The molecule has 1 aliphatic carbocycles. The van der Waals surface area contributed by atoms with Gasteiger partial charge in [-0.25, -0.2) is 0 Å². The highest BCUT2D eigenvalue weighted by Gasteiger charge is 2.25. The molecule has 5 heteroatoms. The molecule has 1 aromatic rings. The van der Waals surface area contributed by atoms with Gasteiger partial charge in [0.2, 0.25) is 11.8 Å². The maximum Gasteiger partial charge on any atom is 0.227 e. The number of primary amides is 1. The average Bonchev–Trinajstić information content (AvgIpc) is 2.40. The molecular weight excluding hydrogens is 254 g/mol. The first-order valence-corrected chi connectivity index (χ1v) is 6.99. The van der Waals surface area contributed by atoms with E-state index in [1.165, 1.54) is 0 Å². The SMILES string of the molecule is NC(=O)Cc1ccccc1NC(=O)C1CCCC(N)C1. The number of benzene rings is 1. The fourth-order valence-electron chi connectivity index (χ4n) is 2.68. The molecule has 0 saturated heterocycles. The van der Waals surface area contributed by atoms with Gasteiger partial charge in [-0.05, 0) is 30.9 Å². The van der Waals surface area contributed by atoms with Crippen molar-refractivity contribution in [2.24, 2.45) is 17.4 Å². The smallest absolute Gasteiger partial charge is 0.227 e. The van der Waals surface area contributed by atoms with Gasteiger partial charge in [0, 0.05) is 17.6 Å². The molecule has 0 aromatic heterocycles. The van der Waals surface area contributed by atoms with Gasteiger partial charge in [0.15, 0.2) is 0 Å². The Morgan fingerprint density at radius 2 is 2.00 bits per heavy atom. The predicted molar refractivity (Wildman–Crippen MR) is 77.9 cm³/mol. The van der Waals surface area contributed by atoms with Gasteiger partial charge in [-0.3, -0.25) is 9.59 Å². The zero-order chi connectivity index (χ0) is 14.5. The van der Waals surface area contributed by atoms with Gasteiger partial charge < -0.3 is 16.8 Å². The molecule has 1 aliphatic rings. The Balaban J connectivity index is 2.05. The third-order valence-electron chi connectivity index (χ3n) is 3.73. The van der Waals surface area contributed by atoms with E-state index in [0.29, 0.717) is 5.69 Å². The van der Waals surface area contributed by atoms with Gasteiger partial charge in [-0.1, -0.05) is 24.6 Å². The molecule has 2 rings (SSSR count). The van der Waals surface area contributed by atoms with E-state index < -0.39 is 5.91 Å². The molecule has 0 aliphatic heterocycles. The van der Waals surface area contributed by atoms with E-state index in [-0.39, 0.29) is 24.3 Å². The fourth-order valence-corrected chi connectivity index (χ4v) is 2.68. The van der Waals surface area contributed by atoms with E-state index in [1.54, 1.807) is 12.1 Å². The minimum Gasteiger partial charge on any atom is -0.369 e. The maximum atomic E-state index is 12.3. The van der Waals surface area contributed by atoms with Crippen molar-refractivity contribution in [1.29, 1.82) is 0 Å². The van der Waals surface area contributed by atoms with Crippen molar-refractivity contribution in [3.63, 3.8) is 0 Å². The van der Waals surface area contributed by atoms with Crippen LogP contribution in [0.15, 0.2) is 24.3 Å². The highest BCUT2D eigenvalue weighted by Crippen LogP contribution is 2.25. The molecule has 0 spiro atoms. The molecule has 2 atom stereocenters. The minimum absolute atomic E-state index is 0.0166. The topological polar surface area (TPSA) is 98.2 Å². The molecule has 0 bridgehead atoms. The highest BCUT2D eigenvalue weighted by molar-refractivity contribution is 5.94. The highest BCUT2D eigenvalue weighted by atomic mass is 16.2. The lowest BCUT2D eigenvalue weighted by molar-refractivity contribution is -0.121. The van der Waals surface area contributed by atoms with E-state index in [0.717, 1.165) is 31.2 Å². The lowest BCUT2D eigenvalue weighted by Gasteiger charge is -2.26. The quantitative estimate of drug-likeness (QED) is 0.769. The molecule has 108 valence electrons. The van der Waals surface area contributed by atoms with E-state index in [1.807, 2.05) is 12.1 Å². The standard InChI is InChI=1S/C15H21N3O2/c16-12-6-3-5-11(8-12)15(20)18-13-7-2-1-4-10(13)9-14(17)19/h1-2,4,7,11-12H,3,5-6,8-9,16H2,(H2,17,19)(H,18,20). The number of carbonyl (C=O) groups is 2. The molecule has 2 unspecified atom stereocenters. The van der Waals surface area contributed by atoms with Crippen LogP contribution in [0.2, 0.25) is 0 Å². The first-order chi connectivity index (χ1) is 9.56. The van der Waals surface area contributed by atoms with Crippen LogP contribution in [0.5, 0.6) is 0 Å². The van der Waals surface area contributed by atoms with Crippen LogP contribution in [-0.2, 0) is 16.0 Å². The first-order valence-electron chi connectivity index (χ1n) is 6.99. The molecule has 2 amide bonds. The van der Waals surface area contributed by atoms with Crippen LogP contribution in [0, 0.1) is 5.92 Å². The Labute approximate surface area is 118 Å². The van der Waals surface area contributed by atoms with Gasteiger partial charge in [0.1, 0.15) is 0 Å². The average molecular weight is 275 g/mol. The van der Waals surface area contributed by atoms with Crippen molar-refractivity contribution in [1.82, 2.24) is 0 Å². The first kappa shape index (κ1) is 14.5. The Morgan fingerprint density at radius 1 is 1.25 bits per heavy atom. The summed E-state index contributed by atoms with van der Waals surface area (Å²) < 4.78 is 0. The number of rotatable bonds is 4. The van der Waals surface area contributed by atoms with E-state index >= 15 is 0 Å². The van der Waals surface area contributed by atoms with Crippen LogP contribution in [0.3, 0.4) is 0 Å². The number of hydrogen-bond donors (Lipinski definition) is 3. The number of nitrogens with two attached hydrogens (primary N) is 2. The van der Waals surface area contributed by atoms with Crippen molar-refractivity contribution in [3.05, 3.63) is 29.8 Å². The summed E-state index contributed by atoms with van der Waals surface area (Å²) in [5.74, 6) is -0.469. The maximum absolute atomic E-state index is 12.3. The number of amides is 2. The van der Waals surface area contributed by atoms with Gasteiger partial charge in [-0.15, -0.1) is 0 Å². The minimum atomic E-state index is -0.411. The molecule has 5 nitrogen and oxygen atoms in total. The molecule has 0 heterocycles. The molecule has 1 saturated carbocycles. The number of para-hydroxylation sites is 1. The second-order valence-electron chi connectivity index (χ2n) is 5.41. The number of anilines is 1. The lowest BCUT2D eigenvalue weighted by atomic mass is 9.85. The van der Waals surface area contributed by atoms with Crippen LogP contribution < -0.4 is 16.8 Å². The fraction of sp³-hybridized carbons (Fsp3) is 0.467. The Kier molecular flexibility index (Phi) is 4.74. The van der Waals surface area contributed by atoms with Crippen LogP contribution in [-0.4, -0.2) is 17.9 Å². The van der Waals surface area contributed by atoms with Crippen LogP contribution >= 0.6 is 0 Å². The predicted octanol–water partition coefficient (Wildman–Crippen LogP) is 1.17. The van der Waals surface area contributed by atoms with Crippen LogP contribution in [0.4, 0.5) is 5.69 Å². The monoisotopic (exact) mass is 275 g/mol. The second kappa shape index (κ2) is 6.52. The van der Waals surface area contributed by atoms with Gasteiger partial charge in [0.25, 0.3) is 0 Å². The van der Waals surface area contributed by atoms with Crippen molar-refractivity contribution < 1.29 is 9.59 Å². The summed E-state index contributed by atoms with van der Waals surface area (Å²) in [6.07, 6.45) is 3.70. The van der Waals surface area contributed by atoms with E-state index in [2.05, 4.69) is 5.32 Å². The summed E-state index contributed by atoms with van der Waals surface area (Å²) >= 11 is 0. The van der Waals surface area contributed by atoms with Gasteiger partial charge >= 0.3 is 0 Å². The zero-order valence-electron chi connectivity index (χ0n) is 11.5. The third kappa shape index (κ3) is 3.81. The van der Waals surface area contributed by atoms with Crippen molar-refractivity contribution in [2.75, 3.05) is 5.32 Å². The summed E-state index contributed by atoms with van der Waals surface area (Å²) in [6.45, 7) is 0. The largest absolute Gasteiger partial charge is 0.369 e. The summed E-state index contributed by atoms with van der Waals surface area (Å²) in [6, 6.07) is 7.35. The molecule has 0 radical (unpaired) electrons. The lowest BCUT2D eigenvalue weighted by Crippen LogP contribution is -2.34. The van der Waals surface area contributed by atoms with E-state index in [4.69, 9.17) is 11.5 Å².